The monoisotopic (exact) mass is 258 g/mol. The number of halogens is 1. The molecule has 0 saturated heterocycles. The van der Waals surface area contributed by atoms with E-state index in [0.29, 0.717) is 11.6 Å². The summed E-state index contributed by atoms with van der Waals surface area (Å²) in [5.74, 6) is 0.821. The summed E-state index contributed by atoms with van der Waals surface area (Å²) in [4.78, 5) is 7.17. The van der Waals surface area contributed by atoms with Gasteiger partial charge in [0.2, 0.25) is 0 Å². The predicted octanol–water partition coefficient (Wildman–Crippen LogP) is 3.80. The minimum Gasteiger partial charge on any atom is -0.489 e. The fourth-order valence-electron chi connectivity index (χ4n) is 1.80. The average Bonchev–Trinajstić information content (AvgIpc) is 2.85. The van der Waals surface area contributed by atoms with Crippen molar-refractivity contribution in [2.24, 2.45) is 0 Å². The van der Waals surface area contributed by atoms with Crippen LogP contribution in [0.25, 0.3) is 10.9 Å². The number of pyridine rings is 1. The standard InChI is InChI=1S/C14H11ClN2O/c15-13-4-5-16-8-11(13)9-18-12-1-2-14-10(7-12)3-6-17-14/h1-8,17H,9H2. The summed E-state index contributed by atoms with van der Waals surface area (Å²) in [6.07, 6.45) is 5.29. The Morgan fingerprint density at radius 2 is 2.17 bits per heavy atom. The fourth-order valence-corrected chi connectivity index (χ4v) is 1.96. The summed E-state index contributed by atoms with van der Waals surface area (Å²) in [7, 11) is 0. The third-order valence-corrected chi connectivity index (χ3v) is 3.13. The smallest absolute Gasteiger partial charge is 0.120 e. The van der Waals surface area contributed by atoms with Gasteiger partial charge >= 0.3 is 0 Å². The lowest BCUT2D eigenvalue weighted by atomic mass is 10.2. The minimum atomic E-state index is 0.419. The molecule has 0 amide bonds. The van der Waals surface area contributed by atoms with E-state index in [1.54, 1.807) is 18.5 Å². The zero-order chi connectivity index (χ0) is 12.4. The van der Waals surface area contributed by atoms with Gasteiger partial charge in [-0.3, -0.25) is 4.98 Å². The zero-order valence-corrected chi connectivity index (χ0v) is 10.3. The number of ether oxygens (including phenoxy) is 1. The van der Waals surface area contributed by atoms with Gasteiger partial charge in [-0.1, -0.05) is 11.6 Å². The highest BCUT2D eigenvalue weighted by Gasteiger charge is 2.02. The van der Waals surface area contributed by atoms with Crippen LogP contribution in [0.5, 0.6) is 5.75 Å². The SMILES string of the molecule is Clc1ccncc1COc1ccc2[nH]ccc2c1. The fraction of sp³-hybridized carbons (Fsp3) is 0.0714. The van der Waals surface area contributed by atoms with Crippen LogP contribution in [0.1, 0.15) is 5.56 Å². The van der Waals surface area contributed by atoms with E-state index in [9.17, 15) is 0 Å². The van der Waals surface area contributed by atoms with Crippen molar-refractivity contribution in [1.29, 1.82) is 0 Å². The molecule has 2 aromatic heterocycles. The van der Waals surface area contributed by atoms with Crippen LogP contribution < -0.4 is 4.74 Å². The normalized spacial score (nSPS) is 10.7. The zero-order valence-electron chi connectivity index (χ0n) is 9.56. The summed E-state index contributed by atoms with van der Waals surface area (Å²) in [6.45, 7) is 0.419. The van der Waals surface area contributed by atoms with Crippen LogP contribution in [0.3, 0.4) is 0 Å². The number of nitrogens with one attached hydrogen (secondary N) is 1. The Hall–Kier alpha value is -2.00. The molecule has 0 aliphatic heterocycles. The number of hydrogen-bond donors (Lipinski definition) is 1. The Morgan fingerprint density at radius 1 is 1.22 bits per heavy atom. The number of aromatic amines is 1. The second-order valence-electron chi connectivity index (χ2n) is 3.98. The highest BCUT2D eigenvalue weighted by atomic mass is 35.5. The van der Waals surface area contributed by atoms with Crippen molar-refractivity contribution in [3.63, 3.8) is 0 Å². The van der Waals surface area contributed by atoms with Gasteiger partial charge in [0, 0.05) is 35.1 Å². The first kappa shape index (κ1) is 11.1. The Kier molecular flexibility index (Phi) is 2.90. The van der Waals surface area contributed by atoms with Gasteiger partial charge in [0.1, 0.15) is 12.4 Å². The Morgan fingerprint density at radius 3 is 3.06 bits per heavy atom. The molecule has 0 bridgehead atoms. The maximum absolute atomic E-state index is 6.04. The molecule has 0 fully saturated rings. The molecule has 3 aromatic rings. The molecular formula is C14H11ClN2O. The molecule has 1 aromatic carbocycles. The number of nitrogens with zero attached hydrogens (tertiary/aromatic N) is 1. The molecule has 3 nitrogen and oxygen atoms in total. The van der Waals surface area contributed by atoms with Gasteiger partial charge in [0.15, 0.2) is 0 Å². The molecule has 0 atom stereocenters. The molecule has 0 saturated carbocycles. The van der Waals surface area contributed by atoms with Crippen LogP contribution in [-0.2, 0) is 6.61 Å². The van der Waals surface area contributed by atoms with Gasteiger partial charge in [0.05, 0.1) is 5.02 Å². The lowest BCUT2D eigenvalue weighted by Crippen LogP contribution is -1.96. The van der Waals surface area contributed by atoms with Gasteiger partial charge in [-0.2, -0.15) is 0 Å². The molecular weight excluding hydrogens is 248 g/mol. The Bertz CT molecular complexity index is 678. The van der Waals surface area contributed by atoms with E-state index >= 15 is 0 Å². The number of fused-ring (bicyclic) bond motifs is 1. The van der Waals surface area contributed by atoms with E-state index in [0.717, 1.165) is 22.2 Å². The number of rotatable bonds is 3. The van der Waals surface area contributed by atoms with Gasteiger partial charge < -0.3 is 9.72 Å². The minimum absolute atomic E-state index is 0.419. The van der Waals surface area contributed by atoms with Crippen molar-refractivity contribution < 1.29 is 4.74 Å². The number of hydrogen-bond acceptors (Lipinski definition) is 2. The first-order valence-corrected chi connectivity index (χ1v) is 5.99. The largest absolute Gasteiger partial charge is 0.489 e. The third-order valence-electron chi connectivity index (χ3n) is 2.76. The molecule has 18 heavy (non-hydrogen) atoms. The first-order valence-electron chi connectivity index (χ1n) is 5.61. The molecule has 0 spiro atoms. The summed E-state index contributed by atoms with van der Waals surface area (Å²) < 4.78 is 5.71. The molecule has 0 aliphatic rings. The van der Waals surface area contributed by atoms with E-state index in [1.807, 2.05) is 30.5 Å². The lowest BCUT2D eigenvalue weighted by Gasteiger charge is -2.07. The quantitative estimate of drug-likeness (QED) is 0.776. The van der Waals surface area contributed by atoms with Crippen LogP contribution in [0.15, 0.2) is 48.9 Å². The van der Waals surface area contributed by atoms with Crippen molar-refractivity contribution in [1.82, 2.24) is 9.97 Å². The van der Waals surface area contributed by atoms with Gasteiger partial charge in [-0.15, -0.1) is 0 Å². The summed E-state index contributed by atoms with van der Waals surface area (Å²) in [5.41, 5.74) is 1.98. The summed E-state index contributed by atoms with van der Waals surface area (Å²) >= 11 is 6.04. The van der Waals surface area contributed by atoms with Crippen LogP contribution in [0, 0.1) is 0 Å². The number of benzene rings is 1. The molecule has 1 N–H and O–H groups in total. The van der Waals surface area contributed by atoms with Crippen molar-refractivity contribution in [3.05, 3.63) is 59.5 Å². The van der Waals surface area contributed by atoms with E-state index in [1.165, 1.54) is 0 Å². The van der Waals surface area contributed by atoms with Crippen molar-refractivity contribution in [3.8, 4) is 5.75 Å². The third kappa shape index (κ3) is 2.17. The van der Waals surface area contributed by atoms with Crippen LogP contribution in [-0.4, -0.2) is 9.97 Å². The van der Waals surface area contributed by atoms with Gasteiger partial charge in [-0.25, -0.2) is 0 Å². The van der Waals surface area contributed by atoms with Crippen molar-refractivity contribution in [2.75, 3.05) is 0 Å². The first-order chi connectivity index (χ1) is 8.83. The molecule has 4 heteroatoms. The van der Waals surface area contributed by atoms with E-state index in [4.69, 9.17) is 16.3 Å². The maximum Gasteiger partial charge on any atom is 0.120 e. The van der Waals surface area contributed by atoms with Crippen molar-refractivity contribution in [2.45, 2.75) is 6.61 Å². The average molecular weight is 259 g/mol. The Balaban J connectivity index is 1.78. The molecule has 90 valence electrons. The summed E-state index contributed by atoms with van der Waals surface area (Å²) in [5, 5.41) is 1.80. The predicted molar refractivity (Wildman–Crippen MR) is 71.9 cm³/mol. The molecule has 0 radical (unpaired) electrons. The highest BCUT2D eigenvalue weighted by molar-refractivity contribution is 6.31. The van der Waals surface area contributed by atoms with Crippen LogP contribution in [0.2, 0.25) is 5.02 Å². The molecule has 3 rings (SSSR count). The second-order valence-corrected chi connectivity index (χ2v) is 4.39. The van der Waals surface area contributed by atoms with Gasteiger partial charge in [-0.05, 0) is 30.3 Å². The topological polar surface area (TPSA) is 37.9 Å². The lowest BCUT2D eigenvalue weighted by molar-refractivity contribution is 0.306. The highest BCUT2D eigenvalue weighted by Crippen LogP contribution is 2.22. The maximum atomic E-state index is 6.04. The summed E-state index contributed by atoms with van der Waals surface area (Å²) in [6, 6.07) is 9.70. The second kappa shape index (κ2) is 4.70. The van der Waals surface area contributed by atoms with Crippen molar-refractivity contribution >= 4 is 22.5 Å². The van der Waals surface area contributed by atoms with Crippen LogP contribution >= 0.6 is 11.6 Å². The van der Waals surface area contributed by atoms with Gasteiger partial charge in [0.25, 0.3) is 0 Å². The molecule has 0 aliphatic carbocycles. The number of H-pyrrole nitrogens is 1. The molecule has 2 heterocycles. The van der Waals surface area contributed by atoms with E-state index in [-0.39, 0.29) is 0 Å². The molecule has 0 unspecified atom stereocenters. The Labute approximate surface area is 109 Å². The van der Waals surface area contributed by atoms with E-state index in [2.05, 4.69) is 9.97 Å². The number of aromatic nitrogens is 2. The van der Waals surface area contributed by atoms with Crippen LogP contribution in [0.4, 0.5) is 0 Å². The van der Waals surface area contributed by atoms with E-state index < -0.39 is 0 Å².